The predicted octanol–water partition coefficient (Wildman–Crippen LogP) is 3.16. The third-order valence-electron chi connectivity index (χ3n) is 2.61. The highest BCUT2D eigenvalue weighted by atomic mass is 35.5. The fourth-order valence-electron chi connectivity index (χ4n) is 1.80. The number of benzene rings is 1. The van der Waals surface area contributed by atoms with E-state index in [4.69, 9.17) is 27.9 Å². The molecular weight excluding hydrogens is 242 g/mol. The first kappa shape index (κ1) is 11.6. The normalized spacial score (nSPS) is 15.6. The lowest BCUT2D eigenvalue weighted by Gasteiger charge is -2.10. The second-order valence-electron chi connectivity index (χ2n) is 3.62. The van der Waals surface area contributed by atoms with Crippen LogP contribution in [0.4, 0.5) is 0 Å². The SMILES string of the molecule is C=CC1=C(C(Cl)Cl)OB(c2ccccc2)C1. The molecule has 4 heteroatoms. The first-order valence-electron chi connectivity index (χ1n) is 5.07. The van der Waals surface area contributed by atoms with Crippen molar-refractivity contribution in [2.24, 2.45) is 0 Å². The van der Waals surface area contributed by atoms with Crippen LogP contribution in [0, 0.1) is 0 Å². The third kappa shape index (κ3) is 2.28. The summed E-state index contributed by atoms with van der Waals surface area (Å²) in [5, 5.41) is 0. The summed E-state index contributed by atoms with van der Waals surface area (Å²) in [4.78, 5) is -0.623. The molecule has 0 atom stereocenters. The quantitative estimate of drug-likeness (QED) is 0.593. The molecule has 1 aliphatic heterocycles. The van der Waals surface area contributed by atoms with Gasteiger partial charge in [0.25, 0.3) is 0 Å². The van der Waals surface area contributed by atoms with Gasteiger partial charge in [0.1, 0.15) is 5.76 Å². The zero-order valence-electron chi connectivity index (χ0n) is 8.70. The lowest BCUT2D eigenvalue weighted by Crippen LogP contribution is -2.30. The van der Waals surface area contributed by atoms with E-state index in [9.17, 15) is 0 Å². The van der Waals surface area contributed by atoms with E-state index in [0.717, 1.165) is 17.4 Å². The summed E-state index contributed by atoms with van der Waals surface area (Å²) in [6, 6.07) is 10.0. The number of rotatable bonds is 3. The second-order valence-corrected chi connectivity index (χ2v) is 4.71. The van der Waals surface area contributed by atoms with Gasteiger partial charge in [-0.15, -0.1) is 0 Å². The Labute approximate surface area is 106 Å². The van der Waals surface area contributed by atoms with Crippen LogP contribution in [-0.4, -0.2) is 11.8 Å². The van der Waals surface area contributed by atoms with Gasteiger partial charge < -0.3 is 4.65 Å². The number of allylic oxidation sites excluding steroid dienone is 3. The average molecular weight is 253 g/mol. The van der Waals surface area contributed by atoms with Crippen LogP contribution in [0.25, 0.3) is 0 Å². The molecule has 0 bridgehead atoms. The molecule has 0 radical (unpaired) electrons. The van der Waals surface area contributed by atoms with Gasteiger partial charge in [-0.1, -0.05) is 66.2 Å². The first-order valence-corrected chi connectivity index (χ1v) is 5.95. The van der Waals surface area contributed by atoms with Crippen LogP contribution in [0.1, 0.15) is 0 Å². The zero-order valence-corrected chi connectivity index (χ0v) is 10.2. The molecule has 0 amide bonds. The van der Waals surface area contributed by atoms with Crippen LogP contribution in [0.5, 0.6) is 0 Å². The summed E-state index contributed by atoms with van der Waals surface area (Å²) in [6.45, 7) is 3.75. The summed E-state index contributed by atoms with van der Waals surface area (Å²) >= 11 is 11.7. The summed E-state index contributed by atoms with van der Waals surface area (Å²) in [5.41, 5.74) is 2.12. The smallest absolute Gasteiger partial charge is 0.395 e. The predicted molar refractivity (Wildman–Crippen MR) is 70.4 cm³/mol. The van der Waals surface area contributed by atoms with E-state index in [2.05, 4.69) is 6.58 Å². The van der Waals surface area contributed by atoms with Gasteiger partial charge in [-0.25, -0.2) is 0 Å². The second kappa shape index (κ2) is 4.98. The summed E-state index contributed by atoms with van der Waals surface area (Å²) in [5.74, 6) is 0.632. The van der Waals surface area contributed by atoms with Crippen LogP contribution in [-0.2, 0) is 4.65 Å². The summed E-state index contributed by atoms with van der Waals surface area (Å²) in [6.07, 6.45) is 2.54. The maximum Gasteiger partial charge on any atom is 0.395 e. The van der Waals surface area contributed by atoms with Crippen molar-refractivity contribution >= 4 is 35.6 Å². The molecule has 0 N–H and O–H groups in total. The van der Waals surface area contributed by atoms with Crippen molar-refractivity contribution in [3.05, 3.63) is 54.3 Å². The average Bonchev–Trinajstić information content (AvgIpc) is 2.74. The van der Waals surface area contributed by atoms with Gasteiger partial charge in [-0.3, -0.25) is 0 Å². The Hall–Kier alpha value is -0.855. The Morgan fingerprint density at radius 3 is 2.50 bits per heavy atom. The Morgan fingerprint density at radius 2 is 2.00 bits per heavy atom. The van der Waals surface area contributed by atoms with Crippen molar-refractivity contribution in [1.82, 2.24) is 0 Å². The van der Waals surface area contributed by atoms with Crippen molar-refractivity contribution in [3.8, 4) is 0 Å². The highest BCUT2D eigenvalue weighted by molar-refractivity contribution is 6.69. The maximum absolute atomic E-state index is 5.85. The molecule has 0 saturated carbocycles. The van der Waals surface area contributed by atoms with E-state index in [1.807, 2.05) is 30.3 Å². The molecule has 82 valence electrons. The summed E-state index contributed by atoms with van der Waals surface area (Å²) < 4.78 is 5.76. The van der Waals surface area contributed by atoms with E-state index < -0.39 is 4.84 Å². The minimum absolute atomic E-state index is 0.00389. The van der Waals surface area contributed by atoms with Crippen molar-refractivity contribution in [1.29, 1.82) is 0 Å². The molecule has 1 aromatic carbocycles. The van der Waals surface area contributed by atoms with Gasteiger partial charge in [0.05, 0.1) is 0 Å². The molecule has 1 nitrogen and oxygen atoms in total. The molecule has 0 unspecified atom stereocenters. The molecule has 1 aliphatic rings. The van der Waals surface area contributed by atoms with E-state index in [-0.39, 0.29) is 6.92 Å². The van der Waals surface area contributed by atoms with Gasteiger partial charge >= 0.3 is 6.92 Å². The Bertz CT molecular complexity index is 414. The van der Waals surface area contributed by atoms with Crippen LogP contribution in [0.2, 0.25) is 6.32 Å². The lowest BCUT2D eigenvalue weighted by molar-refractivity contribution is 0.454. The maximum atomic E-state index is 5.85. The molecule has 16 heavy (non-hydrogen) atoms. The monoisotopic (exact) mass is 252 g/mol. The number of alkyl halides is 2. The number of hydrogen-bond donors (Lipinski definition) is 0. The fourth-order valence-corrected chi connectivity index (χ4v) is 2.18. The first-order chi connectivity index (χ1) is 7.72. The summed E-state index contributed by atoms with van der Waals surface area (Å²) in [7, 11) is 0. The van der Waals surface area contributed by atoms with Gasteiger partial charge in [0, 0.05) is 0 Å². The van der Waals surface area contributed by atoms with Gasteiger partial charge in [-0.2, -0.15) is 0 Å². The standard InChI is InChI=1S/C12H11BCl2O/c1-2-9-8-13(16-11(9)12(14)15)10-6-4-3-5-7-10/h2-7,12H,1,8H2. The molecule has 0 aromatic heterocycles. The Morgan fingerprint density at radius 1 is 1.31 bits per heavy atom. The molecule has 1 heterocycles. The van der Waals surface area contributed by atoms with Crippen molar-refractivity contribution < 1.29 is 4.65 Å². The minimum atomic E-state index is -0.623. The molecular formula is C12H11BCl2O. The number of hydrogen-bond acceptors (Lipinski definition) is 1. The van der Waals surface area contributed by atoms with Gasteiger partial charge in [0.2, 0.25) is 0 Å². The largest absolute Gasteiger partial charge is 0.556 e. The molecule has 0 fully saturated rings. The van der Waals surface area contributed by atoms with Crippen LogP contribution >= 0.6 is 23.2 Å². The topological polar surface area (TPSA) is 9.23 Å². The Kier molecular flexibility index (Phi) is 3.62. The molecule has 0 aliphatic carbocycles. The minimum Gasteiger partial charge on any atom is -0.556 e. The zero-order chi connectivity index (χ0) is 11.5. The van der Waals surface area contributed by atoms with E-state index in [1.165, 1.54) is 0 Å². The van der Waals surface area contributed by atoms with Crippen LogP contribution < -0.4 is 5.46 Å². The van der Waals surface area contributed by atoms with Crippen LogP contribution in [0.3, 0.4) is 0 Å². The highest BCUT2D eigenvalue weighted by Crippen LogP contribution is 2.30. The lowest BCUT2D eigenvalue weighted by atomic mass is 9.58. The van der Waals surface area contributed by atoms with Crippen LogP contribution in [0.15, 0.2) is 54.3 Å². The Balaban J connectivity index is 2.19. The third-order valence-corrected chi connectivity index (χ3v) is 3.00. The highest BCUT2D eigenvalue weighted by Gasteiger charge is 2.32. The molecule has 0 spiro atoms. The van der Waals surface area contributed by atoms with Crippen molar-refractivity contribution in [2.45, 2.75) is 11.2 Å². The van der Waals surface area contributed by atoms with Gasteiger partial charge in [0.15, 0.2) is 4.84 Å². The van der Waals surface area contributed by atoms with E-state index in [1.54, 1.807) is 6.08 Å². The fraction of sp³-hybridized carbons (Fsp3) is 0.167. The van der Waals surface area contributed by atoms with E-state index in [0.29, 0.717) is 5.76 Å². The molecule has 0 saturated heterocycles. The molecule has 2 rings (SSSR count). The van der Waals surface area contributed by atoms with Gasteiger partial charge in [-0.05, 0) is 17.4 Å². The van der Waals surface area contributed by atoms with Crippen molar-refractivity contribution in [2.75, 3.05) is 0 Å². The number of halogens is 2. The van der Waals surface area contributed by atoms with E-state index >= 15 is 0 Å². The molecule has 1 aromatic rings. The van der Waals surface area contributed by atoms with Crippen molar-refractivity contribution in [3.63, 3.8) is 0 Å².